The summed E-state index contributed by atoms with van der Waals surface area (Å²) in [5.74, 6) is -0.135. The third kappa shape index (κ3) is 5.91. The molecule has 7 rings (SSSR count). The summed E-state index contributed by atoms with van der Waals surface area (Å²) in [4.78, 5) is 31.5. The van der Waals surface area contributed by atoms with E-state index in [9.17, 15) is 9.18 Å². The Bertz CT molecular complexity index is 2190. The number of ether oxygens (including phenoxy) is 1. The number of nitrogens with zero attached hydrogens (tertiary/aromatic N) is 5. The molecule has 0 bridgehead atoms. The maximum absolute atomic E-state index is 14.7. The number of fused-ring (bicyclic) bond motifs is 2. The molecule has 1 amide bonds. The quantitative estimate of drug-likeness (QED) is 0.169. The number of halogens is 1. The minimum atomic E-state index is -0.381. The number of amides is 1. The van der Waals surface area contributed by atoms with Gasteiger partial charge in [0.15, 0.2) is 5.65 Å². The number of aromatic amines is 2. The highest BCUT2D eigenvalue weighted by Gasteiger charge is 2.17. The fourth-order valence-electron chi connectivity index (χ4n) is 5.28. The summed E-state index contributed by atoms with van der Waals surface area (Å²) in [7, 11) is 3.92. The standard InChI is InChI=1S/C35H29FN8O2/c1-44(2)10-11-46-27-14-22(12-25(36)16-27)28-8-9-38-33-29(28)17-31(41-33)32-30-15-24(19-39-34(30)43-42-32)23-13-26(20-37-18-23)40-35(45)21-6-4-3-5-7-21/h3-9,12-20H,10-11H2,1-2H3,(H,38,41)(H,40,45)(H,39,42,43). The van der Waals surface area contributed by atoms with Crippen LogP contribution in [0.3, 0.4) is 0 Å². The molecule has 2 aromatic carbocycles. The first-order valence-corrected chi connectivity index (χ1v) is 14.6. The number of pyridine rings is 3. The van der Waals surface area contributed by atoms with E-state index in [0.29, 0.717) is 52.7 Å². The summed E-state index contributed by atoms with van der Waals surface area (Å²) in [6, 6.07) is 21.4. The van der Waals surface area contributed by atoms with Gasteiger partial charge in [0.2, 0.25) is 0 Å². The molecule has 0 radical (unpaired) electrons. The number of carbonyl (C=O) groups excluding carboxylic acids is 1. The molecule has 228 valence electrons. The summed E-state index contributed by atoms with van der Waals surface area (Å²) in [6.07, 6.45) is 6.74. The summed E-state index contributed by atoms with van der Waals surface area (Å²) in [5, 5.41) is 12.1. The molecular formula is C35H29FN8O2. The van der Waals surface area contributed by atoms with Gasteiger partial charge in [-0.25, -0.2) is 14.4 Å². The minimum Gasteiger partial charge on any atom is -0.492 e. The largest absolute Gasteiger partial charge is 0.492 e. The van der Waals surface area contributed by atoms with Gasteiger partial charge < -0.3 is 19.9 Å². The molecule has 7 aromatic rings. The lowest BCUT2D eigenvalue weighted by Crippen LogP contribution is -2.19. The Hall–Kier alpha value is -5.94. The topological polar surface area (TPSA) is 125 Å². The lowest BCUT2D eigenvalue weighted by atomic mass is 10.0. The van der Waals surface area contributed by atoms with Crippen molar-refractivity contribution in [1.82, 2.24) is 35.0 Å². The van der Waals surface area contributed by atoms with Gasteiger partial charge in [-0.05, 0) is 73.8 Å². The van der Waals surface area contributed by atoms with Gasteiger partial charge in [-0.15, -0.1) is 0 Å². The first kappa shape index (κ1) is 28.8. The third-order valence-electron chi connectivity index (χ3n) is 7.56. The maximum Gasteiger partial charge on any atom is 0.255 e. The third-order valence-corrected chi connectivity index (χ3v) is 7.56. The number of carbonyl (C=O) groups is 1. The summed E-state index contributed by atoms with van der Waals surface area (Å²) >= 11 is 0. The molecule has 0 fully saturated rings. The van der Waals surface area contributed by atoms with Crippen LogP contribution in [0.25, 0.3) is 55.7 Å². The van der Waals surface area contributed by atoms with Crippen molar-refractivity contribution in [1.29, 1.82) is 0 Å². The number of nitrogens with one attached hydrogen (secondary N) is 3. The lowest BCUT2D eigenvalue weighted by molar-refractivity contribution is 0.102. The predicted molar refractivity (Wildman–Crippen MR) is 176 cm³/mol. The van der Waals surface area contributed by atoms with Crippen LogP contribution in [0.5, 0.6) is 5.75 Å². The molecular weight excluding hydrogens is 583 g/mol. The molecule has 0 aliphatic carbocycles. The van der Waals surface area contributed by atoms with E-state index in [1.165, 1.54) is 12.1 Å². The average molecular weight is 613 g/mol. The molecule has 0 saturated carbocycles. The number of H-pyrrole nitrogens is 2. The zero-order valence-corrected chi connectivity index (χ0v) is 25.1. The molecule has 0 aliphatic heterocycles. The molecule has 3 N–H and O–H groups in total. The van der Waals surface area contributed by atoms with Gasteiger partial charge in [0, 0.05) is 58.7 Å². The van der Waals surface area contributed by atoms with Gasteiger partial charge in [-0.3, -0.25) is 14.9 Å². The molecule has 0 aliphatic rings. The Kier molecular flexibility index (Phi) is 7.65. The van der Waals surface area contributed by atoms with Gasteiger partial charge in [-0.2, -0.15) is 5.10 Å². The molecule has 0 atom stereocenters. The molecule has 11 heteroatoms. The highest BCUT2D eigenvalue weighted by atomic mass is 19.1. The fourth-order valence-corrected chi connectivity index (χ4v) is 5.28. The van der Waals surface area contributed by atoms with E-state index >= 15 is 0 Å². The van der Waals surface area contributed by atoms with Crippen LogP contribution >= 0.6 is 0 Å². The van der Waals surface area contributed by atoms with Crippen LogP contribution in [-0.4, -0.2) is 68.2 Å². The van der Waals surface area contributed by atoms with Gasteiger partial charge in [0.25, 0.3) is 5.91 Å². The Balaban J connectivity index is 1.21. The fraction of sp³-hybridized carbons (Fsp3) is 0.114. The van der Waals surface area contributed by atoms with Crippen LogP contribution in [0.15, 0.2) is 97.6 Å². The van der Waals surface area contributed by atoms with E-state index in [2.05, 4.69) is 35.5 Å². The van der Waals surface area contributed by atoms with Crippen LogP contribution in [0, 0.1) is 5.82 Å². The Morgan fingerprint density at radius 2 is 1.74 bits per heavy atom. The number of aromatic nitrogens is 6. The number of likely N-dealkylation sites (N-methyl/N-ethyl adjacent to an activating group) is 1. The maximum atomic E-state index is 14.7. The summed E-state index contributed by atoms with van der Waals surface area (Å²) in [6.45, 7) is 1.16. The van der Waals surface area contributed by atoms with Crippen LogP contribution in [0.4, 0.5) is 10.1 Å². The van der Waals surface area contributed by atoms with Crippen molar-refractivity contribution in [3.63, 3.8) is 0 Å². The second-order valence-electron chi connectivity index (χ2n) is 11.1. The second-order valence-corrected chi connectivity index (χ2v) is 11.1. The first-order valence-electron chi connectivity index (χ1n) is 14.6. The van der Waals surface area contributed by atoms with Crippen molar-refractivity contribution in [2.45, 2.75) is 0 Å². The molecule has 10 nitrogen and oxygen atoms in total. The van der Waals surface area contributed by atoms with Gasteiger partial charge in [0.1, 0.15) is 29.5 Å². The highest BCUT2D eigenvalue weighted by Crippen LogP contribution is 2.35. The normalized spacial score (nSPS) is 11.4. The van der Waals surface area contributed by atoms with Crippen LogP contribution in [-0.2, 0) is 0 Å². The van der Waals surface area contributed by atoms with E-state index in [-0.39, 0.29) is 11.7 Å². The van der Waals surface area contributed by atoms with Crippen molar-refractivity contribution in [3.05, 3.63) is 109 Å². The number of hydrogen-bond donors (Lipinski definition) is 3. The number of anilines is 1. The summed E-state index contributed by atoms with van der Waals surface area (Å²) < 4.78 is 20.5. The van der Waals surface area contributed by atoms with Crippen molar-refractivity contribution < 1.29 is 13.9 Å². The van der Waals surface area contributed by atoms with Gasteiger partial charge >= 0.3 is 0 Å². The SMILES string of the molecule is CN(C)CCOc1cc(F)cc(-c2ccnc3[nH]c(-c4n[nH]c5ncc(-c6cncc(NC(=O)c7ccccc7)c6)cc45)cc23)c1. The van der Waals surface area contributed by atoms with Crippen LogP contribution in [0.1, 0.15) is 10.4 Å². The van der Waals surface area contributed by atoms with Crippen molar-refractivity contribution >= 4 is 33.7 Å². The van der Waals surface area contributed by atoms with Crippen molar-refractivity contribution in [3.8, 4) is 39.4 Å². The minimum absolute atomic E-state index is 0.219. The molecule has 0 spiro atoms. The Morgan fingerprint density at radius 3 is 2.59 bits per heavy atom. The number of rotatable bonds is 9. The van der Waals surface area contributed by atoms with E-state index < -0.39 is 0 Å². The smallest absolute Gasteiger partial charge is 0.255 e. The number of benzene rings is 2. The van der Waals surface area contributed by atoms with Gasteiger partial charge in [0.05, 0.1) is 17.6 Å². The van der Waals surface area contributed by atoms with E-state index in [1.807, 2.05) is 67.5 Å². The molecule has 5 heterocycles. The van der Waals surface area contributed by atoms with Crippen molar-refractivity contribution in [2.75, 3.05) is 32.6 Å². The predicted octanol–water partition coefficient (Wildman–Crippen LogP) is 6.56. The second kappa shape index (κ2) is 12.2. The van der Waals surface area contributed by atoms with Crippen molar-refractivity contribution in [2.24, 2.45) is 0 Å². The van der Waals surface area contributed by atoms with E-state index in [0.717, 1.165) is 33.2 Å². The Morgan fingerprint density at radius 1 is 0.891 bits per heavy atom. The summed E-state index contributed by atoms with van der Waals surface area (Å²) in [5.41, 5.74) is 6.82. The zero-order valence-electron chi connectivity index (χ0n) is 25.1. The molecule has 0 unspecified atom stereocenters. The van der Waals surface area contributed by atoms with Gasteiger partial charge in [-0.1, -0.05) is 18.2 Å². The highest BCUT2D eigenvalue weighted by molar-refractivity contribution is 6.04. The zero-order chi connectivity index (χ0) is 31.6. The lowest BCUT2D eigenvalue weighted by Gasteiger charge is -2.12. The molecule has 46 heavy (non-hydrogen) atoms. The average Bonchev–Trinajstić information content (AvgIpc) is 3.69. The van der Waals surface area contributed by atoms with E-state index in [1.54, 1.807) is 36.9 Å². The van der Waals surface area contributed by atoms with Crippen LogP contribution in [0.2, 0.25) is 0 Å². The van der Waals surface area contributed by atoms with Crippen LogP contribution < -0.4 is 10.1 Å². The molecule has 5 aromatic heterocycles. The first-order chi connectivity index (χ1) is 22.4. The monoisotopic (exact) mass is 612 g/mol. The molecule has 0 saturated heterocycles. The number of hydrogen-bond acceptors (Lipinski definition) is 7. The van der Waals surface area contributed by atoms with E-state index in [4.69, 9.17) is 4.74 Å². The Labute approximate surface area is 263 Å².